The first-order chi connectivity index (χ1) is 15.3. The lowest BCUT2D eigenvalue weighted by atomic mass is 10.1. The fraction of sp³-hybridized carbons (Fsp3) is 0.0833. The van der Waals surface area contributed by atoms with Gasteiger partial charge in [0.1, 0.15) is 34.4 Å². The smallest absolute Gasteiger partial charge is 0.258 e. The van der Waals surface area contributed by atoms with E-state index < -0.39 is 0 Å². The number of H-pyrrole nitrogens is 1. The number of hydrogen-bond donors (Lipinski definition) is 1. The largest absolute Gasteiger partial charge is 0.486 e. The molecule has 0 bridgehead atoms. The summed E-state index contributed by atoms with van der Waals surface area (Å²) in [7, 11) is 0. The number of rotatable bonds is 6. The third-order valence-corrected chi connectivity index (χ3v) is 5.64. The zero-order valence-electron chi connectivity index (χ0n) is 16.5. The summed E-state index contributed by atoms with van der Waals surface area (Å²) in [4.78, 5) is 28.6. The van der Waals surface area contributed by atoms with Crippen LogP contribution < -0.4 is 10.3 Å². The number of aromatic amines is 1. The van der Waals surface area contributed by atoms with Crippen LogP contribution in [0.2, 0.25) is 0 Å². The van der Waals surface area contributed by atoms with Gasteiger partial charge < -0.3 is 9.72 Å². The van der Waals surface area contributed by atoms with Gasteiger partial charge in [0.25, 0.3) is 5.56 Å². The van der Waals surface area contributed by atoms with Gasteiger partial charge in [-0.3, -0.25) is 9.78 Å². The SMILES string of the molecule is O=c1[nH]c(COc2ccc(Cc3ccccc3)cc2)nc2c(-c3nccs3)nccc12. The van der Waals surface area contributed by atoms with Crippen LogP contribution in [0.25, 0.3) is 21.6 Å². The predicted molar refractivity (Wildman–Crippen MR) is 121 cm³/mol. The first kappa shape index (κ1) is 19.1. The number of nitrogens with one attached hydrogen (secondary N) is 1. The Bertz CT molecular complexity index is 1360. The Morgan fingerprint density at radius 3 is 2.48 bits per heavy atom. The molecule has 0 fully saturated rings. The van der Waals surface area contributed by atoms with Crippen molar-refractivity contribution in [1.29, 1.82) is 0 Å². The average Bonchev–Trinajstić information content (AvgIpc) is 3.34. The third kappa shape index (κ3) is 4.22. The van der Waals surface area contributed by atoms with Gasteiger partial charge in [-0.25, -0.2) is 9.97 Å². The molecule has 2 aromatic carbocycles. The average molecular weight is 427 g/mol. The molecule has 0 spiro atoms. The Labute approximate surface area is 182 Å². The van der Waals surface area contributed by atoms with Crippen molar-refractivity contribution >= 4 is 22.2 Å². The van der Waals surface area contributed by atoms with Crippen molar-refractivity contribution in [3.63, 3.8) is 0 Å². The zero-order chi connectivity index (χ0) is 21.0. The number of nitrogens with zero attached hydrogens (tertiary/aromatic N) is 3. The van der Waals surface area contributed by atoms with Crippen molar-refractivity contribution in [2.45, 2.75) is 13.0 Å². The van der Waals surface area contributed by atoms with Crippen LogP contribution in [-0.2, 0) is 13.0 Å². The van der Waals surface area contributed by atoms with E-state index in [9.17, 15) is 4.79 Å². The summed E-state index contributed by atoms with van der Waals surface area (Å²) in [6.45, 7) is 0.148. The van der Waals surface area contributed by atoms with Crippen LogP contribution in [0, 0.1) is 0 Å². The molecule has 3 heterocycles. The van der Waals surface area contributed by atoms with Crippen LogP contribution in [0.5, 0.6) is 5.75 Å². The number of aromatic nitrogens is 4. The minimum atomic E-state index is -0.220. The molecule has 0 saturated carbocycles. The second-order valence-electron chi connectivity index (χ2n) is 7.00. The molecule has 0 unspecified atom stereocenters. The van der Waals surface area contributed by atoms with E-state index in [0.717, 1.165) is 11.4 Å². The van der Waals surface area contributed by atoms with Gasteiger partial charge in [0.2, 0.25) is 0 Å². The number of benzene rings is 2. The van der Waals surface area contributed by atoms with Crippen molar-refractivity contribution in [1.82, 2.24) is 19.9 Å². The molecular weight excluding hydrogens is 408 g/mol. The van der Waals surface area contributed by atoms with Gasteiger partial charge in [-0.15, -0.1) is 11.3 Å². The monoisotopic (exact) mass is 426 g/mol. The van der Waals surface area contributed by atoms with Crippen LogP contribution in [0.4, 0.5) is 0 Å². The first-order valence-electron chi connectivity index (χ1n) is 9.80. The van der Waals surface area contributed by atoms with Crippen molar-refractivity contribution in [3.05, 3.63) is 106 Å². The lowest BCUT2D eigenvalue weighted by molar-refractivity contribution is 0.296. The maximum atomic E-state index is 12.6. The highest BCUT2D eigenvalue weighted by atomic mass is 32.1. The minimum absolute atomic E-state index is 0.148. The molecule has 1 N–H and O–H groups in total. The van der Waals surface area contributed by atoms with Crippen LogP contribution in [0.15, 0.2) is 83.2 Å². The normalized spacial score (nSPS) is 11.0. The highest BCUT2D eigenvalue weighted by molar-refractivity contribution is 7.13. The standard InChI is InChI=1S/C24H18N4O2S/c29-23-19-10-11-25-22(24-26-12-13-31-24)21(19)27-20(28-23)15-30-18-8-6-17(7-9-18)14-16-4-2-1-3-5-16/h1-13H,14-15H2,(H,27,28,29). The summed E-state index contributed by atoms with van der Waals surface area (Å²) in [5.74, 6) is 1.16. The highest BCUT2D eigenvalue weighted by Crippen LogP contribution is 2.25. The van der Waals surface area contributed by atoms with E-state index in [1.807, 2.05) is 47.8 Å². The molecule has 5 rings (SSSR count). The molecule has 0 aliphatic carbocycles. The van der Waals surface area contributed by atoms with E-state index in [-0.39, 0.29) is 12.2 Å². The lowest BCUT2D eigenvalue weighted by Gasteiger charge is -2.09. The van der Waals surface area contributed by atoms with E-state index in [2.05, 4.69) is 32.1 Å². The summed E-state index contributed by atoms with van der Waals surface area (Å²) < 4.78 is 5.87. The number of pyridine rings is 1. The van der Waals surface area contributed by atoms with Crippen LogP contribution in [0.1, 0.15) is 17.0 Å². The van der Waals surface area contributed by atoms with E-state index >= 15 is 0 Å². The minimum Gasteiger partial charge on any atom is -0.486 e. The molecule has 0 amide bonds. The van der Waals surface area contributed by atoms with Gasteiger partial charge in [-0.2, -0.15) is 0 Å². The fourth-order valence-electron chi connectivity index (χ4n) is 3.36. The van der Waals surface area contributed by atoms with Gasteiger partial charge in [-0.1, -0.05) is 42.5 Å². The molecule has 31 heavy (non-hydrogen) atoms. The Morgan fingerprint density at radius 2 is 1.71 bits per heavy atom. The van der Waals surface area contributed by atoms with E-state index in [0.29, 0.717) is 28.2 Å². The molecule has 0 saturated heterocycles. The number of hydrogen-bond acceptors (Lipinski definition) is 6. The number of fused-ring (bicyclic) bond motifs is 1. The van der Waals surface area contributed by atoms with Gasteiger partial charge >= 0.3 is 0 Å². The van der Waals surface area contributed by atoms with Crippen LogP contribution in [-0.4, -0.2) is 19.9 Å². The van der Waals surface area contributed by atoms with Gasteiger partial charge in [0.15, 0.2) is 0 Å². The lowest BCUT2D eigenvalue weighted by Crippen LogP contribution is -2.14. The fourth-order valence-corrected chi connectivity index (χ4v) is 4.00. The highest BCUT2D eigenvalue weighted by Gasteiger charge is 2.13. The number of thiazole rings is 1. The summed E-state index contributed by atoms with van der Waals surface area (Å²) in [6.07, 6.45) is 4.18. The molecule has 3 aromatic heterocycles. The second kappa shape index (κ2) is 8.49. The van der Waals surface area contributed by atoms with Crippen molar-refractivity contribution in [3.8, 4) is 16.5 Å². The molecule has 0 aliphatic rings. The van der Waals surface area contributed by atoms with Crippen molar-refractivity contribution in [2.75, 3.05) is 0 Å². The quantitative estimate of drug-likeness (QED) is 0.429. The molecule has 0 aliphatic heterocycles. The molecule has 5 aromatic rings. The van der Waals surface area contributed by atoms with E-state index in [1.54, 1.807) is 18.5 Å². The van der Waals surface area contributed by atoms with E-state index in [1.165, 1.54) is 22.5 Å². The van der Waals surface area contributed by atoms with Gasteiger partial charge in [0.05, 0.1) is 5.39 Å². The topological polar surface area (TPSA) is 80.8 Å². The summed E-state index contributed by atoms with van der Waals surface area (Å²) in [6, 6.07) is 19.9. The molecule has 6 nitrogen and oxygen atoms in total. The predicted octanol–water partition coefficient (Wildman–Crippen LogP) is 4.61. The first-order valence-corrected chi connectivity index (χ1v) is 10.7. The Hall–Kier alpha value is -3.84. The van der Waals surface area contributed by atoms with Crippen LogP contribution in [0.3, 0.4) is 0 Å². The summed E-state index contributed by atoms with van der Waals surface area (Å²) >= 11 is 1.46. The zero-order valence-corrected chi connectivity index (χ0v) is 17.3. The maximum absolute atomic E-state index is 12.6. The van der Waals surface area contributed by atoms with Gasteiger partial charge in [0, 0.05) is 17.8 Å². The second-order valence-corrected chi connectivity index (χ2v) is 7.90. The Morgan fingerprint density at radius 1 is 0.903 bits per heavy atom. The summed E-state index contributed by atoms with van der Waals surface area (Å²) in [5.41, 5.74) is 3.37. The van der Waals surface area contributed by atoms with Gasteiger partial charge in [-0.05, 0) is 35.7 Å². The molecule has 0 atom stereocenters. The Balaban J connectivity index is 1.35. The van der Waals surface area contributed by atoms with Crippen LogP contribution >= 0.6 is 11.3 Å². The molecule has 152 valence electrons. The molecule has 0 radical (unpaired) electrons. The Kier molecular flexibility index (Phi) is 5.24. The van der Waals surface area contributed by atoms with Crippen molar-refractivity contribution < 1.29 is 4.74 Å². The molecular formula is C24H18N4O2S. The maximum Gasteiger partial charge on any atom is 0.258 e. The third-order valence-electron chi connectivity index (χ3n) is 4.86. The number of ether oxygens (including phenoxy) is 1. The van der Waals surface area contributed by atoms with Crippen molar-refractivity contribution in [2.24, 2.45) is 0 Å². The summed E-state index contributed by atoms with van der Waals surface area (Å²) in [5, 5.41) is 3.08. The van der Waals surface area contributed by atoms with E-state index in [4.69, 9.17) is 4.74 Å². The molecule has 7 heteroatoms.